The monoisotopic (exact) mass is 301 g/mol. The van der Waals surface area contributed by atoms with Gasteiger partial charge in [0, 0.05) is 16.8 Å². The Labute approximate surface area is 125 Å². The van der Waals surface area contributed by atoms with Crippen LogP contribution in [-0.4, -0.2) is 21.1 Å². The lowest BCUT2D eigenvalue weighted by atomic mass is 10.1. The average Bonchev–Trinajstić information content (AvgIpc) is 3.08. The third kappa shape index (κ3) is 2.41. The van der Waals surface area contributed by atoms with Crippen LogP contribution in [0.5, 0.6) is 0 Å². The molecule has 21 heavy (non-hydrogen) atoms. The first-order valence-electron chi connectivity index (χ1n) is 6.50. The average molecular weight is 301 g/mol. The maximum Gasteiger partial charge on any atom is 0.275 e. The van der Waals surface area contributed by atoms with Gasteiger partial charge in [-0.3, -0.25) is 9.89 Å². The van der Waals surface area contributed by atoms with E-state index in [0.717, 1.165) is 26.4 Å². The van der Waals surface area contributed by atoms with Crippen molar-refractivity contribution < 1.29 is 4.79 Å². The molecule has 1 aromatic carbocycles. The van der Waals surface area contributed by atoms with E-state index in [9.17, 15) is 4.79 Å². The van der Waals surface area contributed by atoms with Crippen LogP contribution in [0.25, 0.3) is 10.9 Å². The van der Waals surface area contributed by atoms with E-state index in [2.05, 4.69) is 20.5 Å². The highest BCUT2D eigenvalue weighted by atomic mass is 32.1. The number of aromatic amines is 1. The second-order valence-corrected chi connectivity index (χ2v) is 6.05. The summed E-state index contributed by atoms with van der Waals surface area (Å²) in [4.78, 5) is 17.5. The number of carbonyl (C=O) groups excluding carboxylic acids is 1. The molecule has 3 aromatic rings. The van der Waals surface area contributed by atoms with Gasteiger partial charge in [-0.05, 0) is 25.5 Å². The van der Waals surface area contributed by atoms with E-state index in [4.69, 9.17) is 5.73 Å². The van der Waals surface area contributed by atoms with Crippen LogP contribution in [0.15, 0.2) is 18.3 Å². The topological polar surface area (TPSA) is 96.7 Å². The molecule has 0 aliphatic rings. The van der Waals surface area contributed by atoms with Gasteiger partial charge in [-0.1, -0.05) is 6.07 Å². The fraction of sp³-hybridized carbons (Fsp3) is 0.214. The van der Waals surface area contributed by atoms with Gasteiger partial charge in [-0.2, -0.15) is 5.10 Å². The molecule has 0 aliphatic heterocycles. The molecule has 0 saturated heterocycles. The Morgan fingerprint density at radius 2 is 2.24 bits per heavy atom. The van der Waals surface area contributed by atoms with Crippen LogP contribution < -0.4 is 11.1 Å². The Hall–Kier alpha value is -2.25. The quantitative estimate of drug-likeness (QED) is 0.691. The largest absolute Gasteiger partial charge is 0.325 e. The molecule has 7 heteroatoms. The summed E-state index contributed by atoms with van der Waals surface area (Å²) in [5.74, 6) is -0.233. The summed E-state index contributed by atoms with van der Waals surface area (Å²) in [6, 6.07) is 3.81. The molecule has 108 valence electrons. The molecule has 0 radical (unpaired) electrons. The molecule has 0 saturated carbocycles. The molecular formula is C14H15N5OS. The second kappa shape index (κ2) is 5.27. The zero-order chi connectivity index (χ0) is 15.0. The number of fused-ring (bicyclic) bond motifs is 1. The number of rotatable bonds is 3. The van der Waals surface area contributed by atoms with E-state index >= 15 is 0 Å². The molecule has 0 spiro atoms. The summed E-state index contributed by atoms with van der Waals surface area (Å²) < 4.78 is 0. The van der Waals surface area contributed by atoms with Crippen LogP contribution in [0, 0.1) is 13.8 Å². The van der Waals surface area contributed by atoms with Gasteiger partial charge in [0.05, 0.1) is 17.4 Å². The van der Waals surface area contributed by atoms with E-state index in [0.29, 0.717) is 17.9 Å². The molecule has 2 heterocycles. The zero-order valence-corrected chi connectivity index (χ0v) is 12.5. The summed E-state index contributed by atoms with van der Waals surface area (Å²) in [5, 5.41) is 11.6. The van der Waals surface area contributed by atoms with Gasteiger partial charge in [0.25, 0.3) is 5.91 Å². The van der Waals surface area contributed by atoms with Crippen molar-refractivity contribution >= 4 is 33.8 Å². The molecule has 0 atom stereocenters. The van der Waals surface area contributed by atoms with Crippen molar-refractivity contribution in [2.24, 2.45) is 5.73 Å². The number of aryl methyl sites for hydroxylation is 2. The van der Waals surface area contributed by atoms with Crippen LogP contribution in [0.4, 0.5) is 5.69 Å². The normalized spacial score (nSPS) is 11.0. The number of H-pyrrole nitrogens is 1. The first-order chi connectivity index (χ1) is 10.1. The van der Waals surface area contributed by atoms with E-state index < -0.39 is 0 Å². The van der Waals surface area contributed by atoms with Gasteiger partial charge in [-0.25, -0.2) is 4.98 Å². The fourth-order valence-electron chi connectivity index (χ4n) is 2.21. The summed E-state index contributed by atoms with van der Waals surface area (Å²) >= 11 is 1.44. The molecule has 0 unspecified atom stereocenters. The number of nitrogens with two attached hydrogens (primary N) is 1. The molecule has 0 fully saturated rings. The van der Waals surface area contributed by atoms with Crippen molar-refractivity contribution in [3.05, 3.63) is 39.5 Å². The Kier molecular flexibility index (Phi) is 3.44. The number of benzene rings is 1. The summed E-state index contributed by atoms with van der Waals surface area (Å²) in [7, 11) is 0. The summed E-state index contributed by atoms with van der Waals surface area (Å²) in [5.41, 5.74) is 8.60. The Balaban J connectivity index is 1.94. The van der Waals surface area contributed by atoms with E-state index in [1.54, 1.807) is 6.20 Å². The predicted molar refractivity (Wildman–Crippen MR) is 83.5 cm³/mol. The zero-order valence-electron chi connectivity index (χ0n) is 11.7. The van der Waals surface area contributed by atoms with Crippen molar-refractivity contribution in [2.75, 3.05) is 5.32 Å². The van der Waals surface area contributed by atoms with Gasteiger partial charge >= 0.3 is 0 Å². The molecule has 4 N–H and O–H groups in total. The number of hydrogen-bond acceptors (Lipinski definition) is 5. The summed E-state index contributed by atoms with van der Waals surface area (Å²) in [6.45, 7) is 4.21. The van der Waals surface area contributed by atoms with E-state index in [1.807, 2.05) is 26.0 Å². The lowest BCUT2D eigenvalue weighted by molar-refractivity contribution is 0.102. The predicted octanol–water partition coefficient (Wildman–Crippen LogP) is 2.35. The van der Waals surface area contributed by atoms with Crippen molar-refractivity contribution in [3.8, 4) is 0 Å². The third-order valence-electron chi connectivity index (χ3n) is 3.31. The van der Waals surface area contributed by atoms with Gasteiger partial charge in [-0.15, -0.1) is 11.3 Å². The molecule has 6 nitrogen and oxygen atoms in total. The first-order valence-corrected chi connectivity index (χ1v) is 7.32. The number of nitrogens with one attached hydrogen (secondary N) is 2. The van der Waals surface area contributed by atoms with E-state index in [-0.39, 0.29) is 5.91 Å². The van der Waals surface area contributed by atoms with Gasteiger partial charge in [0.1, 0.15) is 10.7 Å². The van der Waals surface area contributed by atoms with Crippen molar-refractivity contribution in [3.63, 3.8) is 0 Å². The number of nitrogens with zero attached hydrogens (tertiary/aromatic N) is 2. The van der Waals surface area contributed by atoms with Gasteiger partial charge in [0.15, 0.2) is 0 Å². The van der Waals surface area contributed by atoms with E-state index in [1.165, 1.54) is 11.3 Å². The van der Waals surface area contributed by atoms with Crippen LogP contribution >= 0.6 is 11.3 Å². The molecular weight excluding hydrogens is 286 g/mol. The standard InChI is InChI=1S/C14H15N5OS/c1-7-3-4-10(13-9(7)6-16-19-13)17-14(20)12-8(2)21-11(5-15)18-12/h3-4,6H,5,15H2,1-2H3,(H,16,19)(H,17,20). The molecule has 3 rings (SSSR count). The SMILES string of the molecule is Cc1sc(CN)nc1C(=O)Nc1ccc(C)c2cn[nH]c12. The molecule has 0 bridgehead atoms. The summed E-state index contributed by atoms with van der Waals surface area (Å²) in [6.07, 6.45) is 1.75. The number of thiazole rings is 1. The Morgan fingerprint density at radius 3 is 2.95 bits per heavy atom. The molecule has 2 aromatic heterocycles. The van der Waals surface area contributed by atoms with Gasteiger partial charge < -0.3 is 11.1 Å². The van der Waals surface area contributed by atoms with Crippen molar-refractivity contribution in [1.29, 1.82) is 0 Å². The minimum Gasteiger partial charge on any atom is -0.325 e. The number of hydrogen-bond donors (Lipinski definition) is 3. The number of carbonyl (C=O) groups is 1. The highest BCUT2D eigenvalue weighted by Crippen LogP contribution is 2.25. The highest BCUT2D eigenvalue weighted by molar-refractivity contribution is 7.11. The molecule has 0 aliphatic carbocycles. The van der Waals surface area contributed by atoms with Gasteiger partial charge in [0.2, 0.25) is 0 Å². The smallest absolute Gasteiger partial charge is 0.275 e. The second-order valence-electron chi connectivity index (χ2n) is 4.76. The fourth-order valence-corrected chi connectivity index (χ4v) is 3.02. The first kappa shape index (κ1) is 13.7. The molecule has 1 amide bonds. The maximum absolute atomic E-state index is 12.4. The lowest BCUT2D eigenvalue weighted by Crippen LogP contribution is -2.14. The van der Waals surface area contributed by atoms with Crippen molar-refractivity contribution in [1.82, 2.24) is 15.2 Å². The Morgan fingerprint density at radius 1 is 1.43 bits per heavy atom. The lowest BCUT2D eigenvalue weighted by Gasteiger charge is -2.06. The van der Waals surface area contributed by atoms with Crippen molar-refractivity contribution in [2.45, 2.75) is 20.4 Å². The Bertz CT molecular complexity index is 820. The minimum absolute atomic E-state index is 0.233. The van der Waals surface area contributed by atoms with Crippen LogP contribution in [0.3, 0.4) is 0 Å². The number of amides is 1. The number of aromatic nitrogens is 3. The number of anilines is 1. The minimum atomic E-state index is -0.233. The van der Waals surface area contributed by atoms with Crippen LogP contribution in [0.1, 0.15) is 25.9 Å². The third-order valence-corrected chi connectivity index (χ3v) is 4.31. The maximum atomic E-state index is 12.4. The van der Waals surface area contributed by atoms with Crippen LogP contribution in [0.2, 0.25) is 0 Å². The highest BCUT2D eigenvalue weighted by Gasteiger charge is 2.16. The van der Waals surface area contributed by atoms with Crippen LogP contribution in [-0.2, 0) is 6.54 Å².